The Labute approximate surface area is 118 Å². The van der Waals surface area contributed by atoms with Crippen LogP contribution in [0.5, 0.6) is 0 Å². The summed E-state index contributed by atoms with van der Waals surface area (Å²) in [7, 11) is -3.46. The first-order valence-electron chi connectivity index (χ1n) is 6.57. The summed E-state index contributed by atoms with van der Waals surface area (Å²) in [6.45, 7) is 2.17. The van der Waals surface area contributed by atoms with Crippen LogP contribution in [-0.2, 0) is 10.0 Å². The molecule has 0 saturated carbocycles. The topological polar surface area (TPSA) is 49.4 Å². The summed E-state index contributed by atoms with van der Waals surface area (Å²) in [4.78, 5) is 0.223. The number of sulfonamides is 1. The quantitative estimate of drug-likeness (QED) is 0.904. The molecule has 0 bridgehead atoms. The molecule has 1 aromatic rings. The van der Waals surface area contributed by atoms with Gasteiger partial charge in [0.1, 0.15) is 4.90 Å². The zero-order valence-electron chi connectivity index (χ0n) is 10.5. The zero-order chi connectivity index (χ0) is 13.5. The lowest BCUT2D eigenvalue weighted by Gasteiger charge is -2.34. The molecule has 2 unspecified atom stereocenters. The van der Waals surface area contributed by atoms with Crippen LogP contribution in [0.25, 0.3) is 0 Å². The highest BCUT2D eigenvalue weighted by Crippen LogP contribution is 2.30. The van der Waals surface area contributed by atoms with Crippen LogP contribution < -0.4 is 5.32 Å². The fourth-order valence-corrected chi connectivity index (χ4v) is 5.03. The van der Waals surface area contributed by atoms with Crippen LogP contribution >= 0.6 is 11.6 Å². The first-order valence-corrected chi connectivity index (χ1v) is 8.39. The lowest BCUT2D eigenvalue weighted by molar-refractivity contribution is 0.247. The molecule has 19 heavy (non-hydrogen) atoms. The number of nitrogens with zero attached hydrogens (tertiary/aromatic N) is 1. The van der Waals surface area contributed by atoms with Gasteiger partial charge in [0.05, 0.1) is 5.02 Å². The van der Waals surface area contributed by atoms with Crippen LogP contribution in [0.4, 0.5) is 0 Å². The summed E-state index contributed by atoms with van der Waals surface area (Å²) in [5.41, 5.74) is 0. The summed E-state index contributed by atoms with van der Waals surface area (Å²) in [5, 5.41) is 3.73. The Morgan fingerprint density at radius 3 is 2.84 bits per heavy atom. The molecule has 1 aromatic carbocycles. The second kappa shape index (κ2) is 5.05. The molecule has 0 radical (unpaired) electrons. The van der Waals surface area contributed by atoms with Crippen LogP contribution in [-0.4, -0.2) is 38.4 Å². The average molecular weight is 301 g/mol. The summed E-state index contributed by atoms with van der Waals surface area (Å²) in [6.07, 6.45) is 1.94. The fourth-order valence-electron chi connectivity index (χ4n) is 3.03. The van der Waals surface area contributed by atoms with Gasteiger partial charge in [-0.25, -0.2) is 8.42 Å². The predicted molar refractivity (Wildman–Crippen MR) is 74.7 cm³/mol. The standard InChI is InChI=1S/C13H17ClN2O2S/c14-11-3-1-2-4-13(11)19(17,18)16-8-6-12-10(9-16)5-7-15-12/h1-4,10,12,15H,5-9H2. The summed E-state index contributed by atoms with van der Waals surface area (Å²) >= 11 is 6.02. The lowest BCUT2D eigenvalue weighted by Crippen LogP contribution is -2.46. The van der Waals surface area contributed by atoms with Gasteiger partial charge in [-0.05, 0) is 37.4 Å². The van der Waals surface area contributed by atoms with Crippen LogP contribution in [0.3, 0.4) is 0 Å². The molecular formula is C13H17ClN2O2S. The number of halogens is 1. The van der Waals surface area contributed by atoms with Gasteiger partial charge < -0.3 is 5.32 Å². The Morgan fingerprint density at radius 1 is 1.26 bits per heavy atom. The Balaban J connectivity index is 1.87. The smallest absolute Gasteiger partial charge is 0.244 e. The second-order valence-corrected chi connectivity index (χ2v) is 7.51. The predicted octanol–water partition coefficient (Wildman–Crippen LogP) is 1.71. The van der Waals surface area contributed by atoms with Crippen molar-refractivity contribution < 1.29 is 8.42 Å². The Kier molecular flexibility index (Phi) is 3.55. The highest BCUT2D eigenvalue weighted by atomic mass is 35.5. The minimum Gasteiger partial charge on any atom is -0.314 e. The molecule has 104 valence electrons. The molecule has 0 aromatic heterocycles. The van der Waals surface area contributed by atoms with E-state index in [1.807, 2.05) is 0 Å². The number of fused-ring (bicyclic) bond motifs is 1. The van der Waals surface area contributed by atoms with Gasteiger partial charge in [-0.2, -0.15) is 4.31 Å². The van der Waals surface area contributed by atoms with E-state index in [1.54, 1.807) is 28.6 Å². The van der Waals surface area contributed by atoms with Crippen molar-refractivity contribution in [2.75, 3.05) is 19.6 Å². The molecule has 0 amide bonds. The minimum absolute atomic E-state index is 0.223. The van der Waals surface area contributed by atoms with Crippen molar-refractivity contribution in [1.82, 2.24) is 9.62 Å². The van der Waals surface area contributed by atoms with Crippen LogP contribution in [0.1, 0.15) is 12.8 Å². The summed E-state index contributed by atoms with van der Waals surface area (Å²) in [5.74, 6) is 0.436. The normalized spacial score (nSPS) is 28.3. The van der Waals surface area contributed by atoms with Crippen LogP contribution in [0.2, 0.25) is 5.02 Å². The maximum atomic E-state index is 12.6. The van der Waals surface area contributed by atoms with Crippen molar-refractivity contribution in [3.63, 3.8) is 0 Å². The molecular weight excluding hydrogens is 284 g/mol. The van der Waals surface area contributed by atoms with Gasteiger partial charge in [0, 0.05) is 19.1 Å². The van der Waals surface area contributed by atoms with Gasteiger partial charge in [0.15, 0.2) is 0 Å². The molecule has 0 spiro atoms. The number of benzene rings is 1. The average Bonchev–Trinajstić information content (AvgIpc) is 2.86. The maximum Gasteiger partial charge on any atom is 0.244 e. The van der Waals surface area contributed by atoms with Crippen LogP contribution in [0.15, 0.2) is 29.2 Å². The monoisotopic (exact) mass is 300 g/mol. The first-order chi connectivity index (χ1) is 9.09. The Morgan fingerprint density at radius 2 is 2.05 bits per heavy atom. The van der Waals surface area contributed by atoms with Gasteiger partial charge in [-0.3, -0.25) is 0 Å². The number of hydrogen-bond donors (Lipinski definition) is 1. The van der Waals surface area contributed by atoms with Gasteiger partial charge in [-0.1, -0.05) is 23.7 Å². The SMILES string of the molecule is O=S(=O)(c1ccccc1Cl)N1CCC2NCCC2C1. The van der Waals surface area contributed by atoms with Gasteiger partial charge in [0.2, 0.25) is 10.0 Å². The second-order valence-electron chi connectivity index (χ2n) is 5.19. The van der Waals surface area contributed by atoms with Crippen molar-refractivity contribution >= 4 is 21.6 Å². The Bertz CT molecular complexity index is 576. The van der Waals surface area contributed by atoms with Crippen molar-refractivity contribution in [2.24, 2.45) is 5.92 Å². The van der Waals surface area contributed by atoms with Gasteiger partial charge in [-0.15, -0.1) is 0 Å². The van der Waals surface area contributed by atoms with Crippen molar-refractivity contribution in [3.8, 4) is 0 Å². The third kappa shape index (κ3) is 2.40. The summed E-state index contributed by atoms with van der Waals surface area (Å²) < 4.78 is 26.8. The van der Waals surface area contributed by atoms with E-state index in [4.69, 9.17) is 11.6 Å². The molecule has 4 nitrogen and oxygen atoms in total. The maximum absolute atomic E-state index is 12.6. The highest BCUT2D eigenvalue weighted by Gasteiger charge is 2.38. The van der Waals surface area contributed by atoms with E-state index in [0.29, 0.717) is 30.1 Å². The fraction of sp³-hybridized carbons (Fsp3) is 0.538. The largest absolute Gasteiger partial charge is 0.314 e. The van der Waals surface area contributed by atoms with Crippen LogP contribution in [0, 0.1) is 5.92 Å². The Hall–Kier alpha value is -0.620. The molecule has 2 aliphatic heterocycles. The summed E-state index contributed by atoms with van der Waals surface area (Å²) in [6, 6.07) is 7.14. The molecule has 2 fully saturated rings. The number of rotatable bonds is 2. The van der Waals surface area contributed by atoms with E-state index in [2.05, 4.69) is 5.32 Å². The molecule has 2 heterocycles. The number of piperidine rings is 1. The molecule has 3 rings (SSSR count). The van der Waals surface area contributed by atoms with E-state index >= 15 is 0 Å². The van der Waals surface area contributed by atoms with E-state index in [0.717, 1.165) is 19.4 Å². The minimum atomic E-state index is -3.46. The van der Waals surface area contributed by atoms with Crippen molar-refractivity contribution in [2.45, 2.75) is 23.8 Å². The molecule has 1 N–H and O–H groups in total. The molecule has 0 aliphatic carbocycles. The van der Waals surface area contributed by atoms with Crippen molar-refractivity contribution in [1.29, 1.82) is 0 Å². The lowest BCUT2D eigenvalue weighted by atomic mass is 9.95. The van der Waals surface area contributed by atoms with Gasteiger partial charge in [0.25, 0.3) is 0 Å². The third-order valence-electron chi connectivity index (χ3n) is 4.07. The van der Waals surface area contributed by atoms with Gasteiger partial charge >= 0.3 is 0 Å². The first kappa shape index (κ1) is 13.4. The molecule has 2 aliphatic rings. The molecule has 2 atom stereocenters. The highest BCUT2D eigenvalue weighted by molar-refractivity contribution is 7.89. The van der Waals surface area contributed by atoms with E-state index in [9.17, 15) is 8.42 Å². The van der Waals surface area contributed by atoms with E-state index in [-0.39, 0.29) is 4.90 Å². The number of hydrogen-bond acceptors (Lipinski definition) is 3. The number of nitrogens with one attached hydrogen (secondary N) is 1. The third-order valence-corrected chi connectivity index (χ3v) is 6.44. The zero-order valence-corrected chi connectivity index (χ0v) is 12.1. The van der Waals surface area contributed by atoms with E-state index < -0.39 is 10.0 Å². The molecule has 6 heteroatoms. The van der Waals surface area contributed by atoms with E-state index in [1.165, 1.54) is 0 Å². The molecule has 2 saturated heterocycles. The van der Waals surface area contributed by atoms with Crippen molar-refractivity contribution in [3.05, 3.63) is 29.3 Å².